The number of carbonyl (C=O) groups excluding carboxylic acids is 2. The first kappa shape index (κ1) is 25.7. The maximum absolute atomic E-state index is 12.8. The van der Waals surface area contributed by atoms with Crippen LogP contribution in [0.15, 0.2) is 47.0 Å². The van der Waals surface area contributed by atoms with Crippen molar-refractivity contribution < 1.29 is 28.3 Å². The molecule has 0 unspecified atom stereocenters. The molecule has 1 atom stereocenters. The minimum atomic E-state index is -0.884. The Labute approximate surface area is 204 Å². The lowest BCUT2D eigenvalue weighted by atomic mass is 10.0. The van der Waals surface area contributed by atoms with Crippen LogP contribution >= 0.6 is 0 Å². The van der Waals surface area contributed by atoms with Crippen molar-refractivity contribution in [3.05, 3.63) is 59.5 Å². The van der Waals surface area contributed by atoms with Crippen LogP contribution in [0.3, 0.4) is 0 Å². The van der Waals surface area contributed by atoms with Gasteiger partial charge in [0.1, 0.15) is 17.5 Å². The number of hydrogen-bond donors (Lipinski definition) is 1. The second-order valence-electron chi connectivity index (χ2n) is 8.69. The number of rotatable bonds is 10. The summed E-state index contributed by atoms with van der Waals surface area (Å²) in [7, 11) is 2.99. The van der Waals surface area contributed by atoms with Crippen LogP contribution in [0.4, 0.5) is 0 Å². The van der Waals surface area contributed by atoms with Crippen LogP contribution in [0, 0.1) is 5.92 Å². The van der Waals surface area contributed by atoms with E-state index < -0.39 is 17.9 Å². The van der Waals surface area contributed by atoms with Crippen molar-refractivity contribution >= 4 is 11.9 Å². The monoisotopic (exact) mass is 481 g/mol. The smallest absolute Gasteiger partial charge is 0.329 e. The fourth-order valence-corrected chi connectivity index (χ4v) is 3.33. The van der Waals surface area contributed by atoms with Crippen LogP contribution in [-0.4, -0.2) is 42.3 Å². The molecule has 1 amide bonds. The zero-order valence-corrected chi connectivity index (χ0v) is 20.8. The van der Waals surface area contributed by atoms with Crippen LogP contribution in [0.5, 0.6) is 11.5 Å². The van der Waals surface area contributed by atoms with Crippen molar-refractivity contribution in [3.8, 4) is 22.9 Å². The van der Waals surface area contributed by atoms with E-state index in [1.165, 1.54) is 19.8 Å². The molecule has 0 radical (unpaired) electrons. The molecule has 0 fully saturated rings. The fourth-order valence-electron chi connectivity index (χ4n) is 3.33. The number of nitrogens with one attached hydrogen (secondary N) is 1. The normalized spacial score (nSPS) is 11.9. The van der Waals surface area contributed by atoms with E-state index >= 15 is 0 Å². The van der Waals surface area contributed by atoms with Gasteiger partial charge in [0.25, 0.3) is 11.8 Å². The molecule has 3 rings (SSSR count). The molecule has 1 N–H and O–H groups in total. The Balaban J connectivity index is 1.64. The molecule has 3 aromatic rings. The summed E-state index contributed by atoms with van der Waals surface area (Å²) < 4.78 is 21.0. The van der Waals surface area contributed by atoms with Gasteiger partial charge in [-0.05, 0) is 29.5 Å². The third-order valence-corrected chi connectivity index (χ3v) is 5.46. The third-order valence-electron chi connectivity index (χ3n) is 5.46. The molecule has 0 spiro atoms. The van der Waals surface area contributed by atoms with Crippen LogP contribution in [0.25, 0.3) is 11.4 Å². The molecule has 0 bridgehead atoms. The number of amides is 1. The van der Waals surface area contributed by atoms with Crippen molar-refractivity contribution in [3.63, 3.8) is 0 Å². The van der Waals surface area contributed by atoms with Gasteiger partial charge in [0.15, 0.2) is 6.61 Å². The second kappa shape index (κ2) is 11.5. The van der Waals surface area contributed by atoms with Crippen LogP contribution in [-0.2, 0) is 16.1 Å². The average molecular weight is 482 g/mol. The number of carbonyl (C=O) groups is 2. The standard InChI is InChI=1S/C26H31N3O6/c1-15(2)17-7-9-18(10-8-17)24-27-22(35-29-24)14-34-26(31)23(16(3)4)28-25(30)19-11-20(32-5)13-21(12-19)33-6/h7-13,15-16,23H,14H2,1-6H3,(H,28,30)/t23-/m0/s1. The maximum atomic E-state index is 12.8. The van der Waals surface area contributed by atoms with Crippen LogP contribution in [0.2, 0.25) is 0 Å². The Morgan fingerprint density at radius 3 is 2.14 bits per heavy atom. The fraction of sp³-hybridized carbons (Fsp3) is 0.385. The number of methoxy groups -OCH3 is 2. The molecule has 2 aromatic carbocycles. The van der Waals surface area contributed by atoms with Gasteiger partial charge in [-0.25, -0.2) is 4.79 Å². The highest BCUT2D eigenvalue weighted by Crippen LogP contribution is 2.23. The zero-order valence-electron chi connectivity index (χ0n) is 20.8. The second-order valence-corrected chi connectivity index (χ2v) is 8.69. The van der Waals surface area contributed by atoms with E-state index in [1.54, 1.807) is 18.2 Å². The number of nitrogens with zero attached hydrogens (tertiary/aromatic N) is 2. The molecule has 1 aromatic heterocycles. The van der Waals surface area contributed by atoms with Gasteiger partial charge in [-0.2, -0.15) is 4.98 Å². The van der Waals surface area contributed by atoms with Gasteiger partial charge < -0.3 is 24.1 Å². The SMILES string of the molecule is COc1cc(OC)cc(C(=O)N[C@H](C(=O)OCc2nc(-c3ccc(C(C)C)cc3)no2)C(C)C)c1. The maximum Gasteiger partial charge on any atom is 0.329 e. The molecule has 0 saturated heterocycles. The number of ether oxygens (including phenoxy) is 3. The molecule has 186 valence electrons. The summed E-state index contributed by atoms with van der Waals surface area (Å²) in [6.07, 6.45) is 0. The van der Waals surface area contributed by atoms with E-state index in [9.17, 15) is 9.59 Å². The summed E-state index contributed by atoms with van der Waals surface area (Å²) in [6.45, 7) is 7.66. The highest BCUT2D eigenvalue weighted by molar-refractivity contribution is 5.97. The molecular formula is C26H31N3O6. The molecule has 0 aliphatic rings. The molecular weight excluding hydrogens is 450 g/mol. The van der Waals surface area contributed by atoms with E-state index in [0.717, 1.165) is 5.56 Å². The van der Waals surface area contributed by atoms with E-state index in [-0.39, 0.29) is 18.4 Å². The lowest BCUT2D eigenvalue weighted by molar-refractivity contribution is -0.149. The van der Waals surface area contributed by atoms with Crippen molar-refractivity contribution in [2.45, 2.75) is 46.3 Å². The van der Waals surface area contributed by atoms with Crippen molar-refractivity contribution in [2.75, 3.05) is 14.2 Å². The summed E-state index contributed by atoms with van der Waals surface area (Å²) in [5.41, 5.74) is 2.31. The molecule has 9 nitrogen and oxygen atoms in total. The molecule has 0 aliphatic carbocycles. The summed E-state index contributed by atoms with van der Waals surface area (Å²) in [5, 5.41) is 6.69. The first-order chi connectivity index (χ1) is 16.7. The van der Waals surface area contributed by atoms with E-state index in [4.69, 9.17) is 18.7 Å². The summed E-state index contributed by atoms with van der Waals surface area (Å²) in [6, 6.07) is 11.8. The Kier molecular flexibility index (Phi) is 8.46. The molecule has 1 heterocycles. The van der Waals surface area contributed by atoms with Gasteiger partial charge in [-0.1, -0.05) is 57.1 Å². The molecule has 0 saturated carbocycles. The largest absolute Gasteiger partial charge is 0.497 e. The summed E-state index contributed by atoms with van der Waals surface area (Å²) in [5.74, 6) is 0.626. The highest BCUT2D eigenvalue weighted by atomic mass is 16.6. The number of aromatic nitrogens is 2. The topological polar surface area (TPSA) is 113 Å². The quantitative estimate of drug-likeness (QED) is 0.425. The van der Waals surface area contributed by atoms with Gasteiger partial charge in [0, 0.05) is 17.2 Å². The van der Waals surface area contributed by atoms with Gasteiger partial charge in [0.05, 0.1) is 14.2 Å². The van der Waals surface area contributed by atoms with Crippen LogP contribution in [0.1, 0.15) is 55.4 Å². The zero-order chi connectivity index (χ0) is 25.5. The average Bonchev–Trinajstić information content (AvgIpc) is 3.34. The number of hydrogen-bond acceptors (Lipinski definition) is 8. The van der Waals surface area contributed by atoms with E-state index in [0.29, 0.717) is 28.8 Å². The number of benzene rings is 2. The van der Waals surface area contributed by atoms with Gasteiger partial charge in [-0.15, -0.1) is 0 Å². The first-order valence-corrected chi connectivity index (χ1v) is 11.3. The molecule has 35 heavy (non-hydrogen) atoms. The van der Waals surface area contributed by atoms with E-state index in [1.807, 2.05) is 38.1 Å². The van der Waals surface area contributed by atoms with Crippen molar-refractivity contribution in [2.24, 2.45) is 5.92 Å². The molecule has 0 aliphatic heterocycles. The third kappa shape index (κ3) is 6.59. The lowest BCUT2D eigenvalue weighted by Gasteiger charge is -2.20. The highest BCUT2D eigenvalue weighted by Gasteiger charge is 2.27. The van der Waals surface area contributed by atoms with Gasteiger partial charge >= 0.3 is 5.97 Å². The molecule has 9 heteroatoms. The Morgan fingerprint density at radius 2 is 1.60 bits per heavy atom. The van der Waals surface area contributed by atoms with Gasteiger partial charge in [-0.3, -0.25) is 4.79 Å². The lowest BCUT2D eigenvalue weighted by Crippen LogP contribution is -2.45. The minimum Gasteiger partial charge on any atom is -0.497 e. The predicted octanol–water partition coefficient (Wildman–Crippen LogP) is 4.38. The van der Waals surface area contributed by atoms with E-state index in [2.05, 4.69) is 29.3 Å². The number of esters is 1. The minimum absolute atomic E-state index is 0.160. The summed E-state index contributed by atoms with van der Waals surface area (Å²) in [4.78, 5) is 29.9. The van der Waals surface area contributed by atoms with Gasteiger partial charge in [0.2, 0.25) is 5.82 Å². The predicted molar refractivity (Wildman–Crippen MR) is 129 cm³/mol. The Hall–Kier alpha value is -3.88. The Morgan fingerprint density at radius 1 is 0.971 bits per heavy atom. The Bertz CT molecular complexity index is 1130. The van der Waals surface area contributed by atoms with Crippen molar-refractivity contribution in [1.82, 2.24) is 15.5 Å². The summed E-state index contributed by atoms with van der Waals surface area (Å²) >= 11 is 0. The first-order valence-electron chi connectivity index (χ1n) is 11.3. The van der Waals surface area contributed by atoms with Crippen molar-refractivity contribution in [1.29, 1.82) is 0 Å². The van der Waals surface area contributed by atoms with Crippen LogP contribution < -0.4 is 14.8 Å².